The van der Waals surface area contributed by atoms with Gasteiger partial charge in [-0.25, -0.2) is 5.43 Å². The second-order valence-electron chi connectivity index (χ2n) is 3.96. The molecule has 1 unspecified atom stereocenters. The number of nitrogens with zero attached hydrogens (tertiary/aromatic N) is 3. The van der Waals surface area contributed by atoms with Crippen LogP contribution in [-0.4, -0.2) is 20.4 Å². The van der Waals surface area contributed by atoms with Gasteiger partial charge in [0.1, 0.15) is 5.69 Å². The van der Waals surface area contributed by atoms with Crippen molar-refractivity contribution in [2.45, 2.75) is 6.04 Å². The molecule has 18 heavy (non-hydrogen) atoms. The molecule has 0 saturated heterocycles. The van der Waals surface area contributed by atoms with Crippen molar-refractivity contribution in [1.82, 2.24) is 25.8 Å². The molecular formula is C12H12N6. The summed E-state index contributed by atoms with van der Waals surface area (Å²) in [7, 11) is 0. The van der Waals surface area contributed by atoms with Gasteiger partial charge >= 0.3 is 0 Å². The maximum atomic E-state index is 5.58. The summed E-state index contributed by atoms with van der Waals surface area (Å²) in [6.07, 6.45) is 3.43. The molecule has 3 rings (SSSR count). The van der Waals surface area contributed by atoms with E-state index >= 15 is 0 Å². The van der Waals surface area contributed by atoms with Crippen molar-refractivity contribution in [1.29, 1.82) is 0 Å². The molecule has 0 amide bonds. The lowest BCUT2D eigenvalue weighted by atomic mass is 10.0. The number of pyridine rings is 1. The van der Waals surface area contributed by atoms with Gasteiger partial charge in [0, 0.05) is 11.6 Å². The third-order valence-corrected chi connectivity index (χ3v) is 2.84. The average molecular weight is 240 g/mol. The maximum absolute atomic E-state index is 5.58. The van der Waals surface area contributed by atoms with Gasteiger partial charge in [-0.1, -0.05) is 18.2 Å². The lowest BCUT2D eigenvalue weighted by Crippen LogP contribution is -2.29. The first kappa shape index (κ1) is 10.8. The smallest absolute Gasteiger partial charge is 0.105 e. The molecule has 1 aromatic carbocycles. The predicted octanol–water partition coefficient (Wildman–Crippen LogP) is 0.906. The zero-order chi connectivity index (χ0) is 12.4. The topological polar surface area (TPSA) is 92.5 Å². The molecule has 2 aromatic heterocycles. The number of rotatable bonds is 3. The van der Waals surface area contributed by atoms with Gasteiger partial charge in [0.25, 0.3) is 0 Å². The van der Waals surface area contributed by atoms with Crippen LogP contribution in [0.25, 0.3) is 10.9 Å². The van der Waals surface area contributed by atoms with Gasteiger partial charge < -0.3 is 0 Å². The Labute approximate surface area is 103 Å². The molecular weight excluding hydrogens is 228 g/mol. The Kier molecular flexibility index (Phi) is 2.71. The van der Waals surface area contributed by atoms with E-state index in [0.717, 1.165) is 22.2 Å². The van der Waals surface area contributed by atoms with Crippen molar-refractivity contribution in [3.63, 3.8) is 0 Å². The van der Waals surface area contributed by atoms with E-state index in [9.17, 15) is 0 Å². The number of nitrogens with two attached hydrogens (primary N) is 1. The number of aromatic amines is 1. The third-order valence-electron chi connectivity index (χ3n) is 2.84. The number of nitrogens with one attached hydrogen (secondary N) is 2. The molecule has 0 aliphatic rings. The molecule has 6 nitrogen and oxygen atoms in total. The van der Waals surface area contributed by atoms with Gasteiger partial charge in [-0.2, -0.15) is 15.4 Å². The number of benzene rings is 1. The SMILES string of the molecule is NNC(c1cnc2ccccc2c1)c1cn[nH]n1. The van der Waals surface area contributed by atoms with Crippen molar-refractivity contribution < 1.29 is 0 Å². The Bertz CT molecular complexity index is 648. The van der Waals surface area contributed by atoms with Crippen LogP contribution in [0.3, 0.4) is 0 Å². The number of para-hydroxylation sites is 1. The van der Waals surface area contributed by atoms with Crippen LogP contribution in [0.5, 0.6) is 0 Å². The average Bonchev–Trinajstić information content (AvgIpc) is 2.93. The summed E-state index contributed by atoms with van der Waals surface area (Å²) in [4.78, 5) is 4.41. The first-order chi connectivity index (χ1) is 8.88. The highest BCUT2D eigenvalue weighted by atomic mass is 15.3. The molecule has 6 heteroatoms. The van der Waals surface area contributed by atoms with Crippen LogP contribution in [0, 0.1) is 0 Å². The van der Waals surface area contributed by atoms with E-state index in [0.29, 0.717) is 0 Å². The summed E-state index contributed by atoms with van der Waals surface area (Å²) < 4.78 is 0. The van der Waals surface area contributed by atoms with Crippen molar-refractivity contribution in [2.24, 2.45) is 5.84 Å². The highest BCUT2D eigenvalue weighted by molar-refractivity contribution is 5.78. The predicted molar refractivity (Wildman–Crippen MR) is 67.3 cm³/mol. The zero-order valence-corrected chi connectivity index (χ0v) is 9.54. The number of hydrogen-bond donors (Lipinski definition) is 3. The minimum atomic E-state index is -0.221. The molecule has 3 aromatic rings. The Hall–Kier alpha value is -2.31. The lowest BCUT2D eigenvalue weighted by molar-refractivity contribution is 0.617. The second kappa shape index (κ2) is 4.52. The first-order valence-corrected chi connectivity index (χ1v) is 5.55. The molecule has 0 saturated carbocycles. The van der Waals surface area contributed by atoms with Crippen molar-refractivity contribution in [2.75, 3.05) is 0 Å². The Balaban J connectivity index is 2.07. The fourth-order valence-corrected chi connectivity index (χ4v) is 1.95. The quantitative estimate of drug-likeness (QED) is 0.467. The minimum Gasteiger partial charge on any atom is -0.271 e. The van der Waals surface area contributed by atoms with E-state index in [-0.39, 0.29) is 6.04 Å². The minimum absolute atomic E-state index is 0.221. The largest absolute Gasteiger partial charge is 0.271 e. The summed E-state index contributed by atoms with van der Waals surface area (Å²) >= 11 is 0. The Morgan fingerprint density at radius 3 is 2.89 bits per heavy atom. The van der Waals surface area contributed by atoms with Crippen LogP contribution < -0.4 is 11.3 Å². The van der Waals surface area contributed by atoms with Crippen molar-refractivity contribution in [3.05, 3.63) is 54.0 Å². The summed E-state index contributed by atoms with van der Waals surface area (Å²) in [5.74, 6) is 5.58. The van der Waals surface area contributed by atoms with E-state index in [1.54, 1.807) is 12.4 Å². The molecule has 0 aliphatic heterocycles. The molecule has 0 spiro atoms. The number of fused-ring (bicyclic) bond motifs is 1. The van der Waals surface area contributed by atoms with E-state index in [1.807, 2.05) is 30.3 Å². The van der Waals surface area contributed by atoms with E-state index in [2.05, 4.69) is 25.8 Å². The second-order valence-corrected chi connectivity index (χ2v) is 3.96. The highest BCUT2D eigenvalue weighted by Crippen LogP contribution is 2.21. The van der Waals surface area contributed by atoms with Crippen LogP contribution in [0.1, 0.15) is 17.3 Å². The Morgan fingerprint density at radius 1 is 1.22 bits per heavy atom. The molecule has 1 atom stereocenters. The number of H-pyrrole nitrogens is 1. The van der Waals surface area contributed by atoms with Crippen LogP contribution in [-0.2, 0) is 0 Å². The van der Waals surface area contributed by atoms with Crippen molar-refractivity contribution in [3.8, 4) is 0 Å². The van der Waals surface area contributed by atoms with Gasteiger partial charge in [0.05, 0.1) is 17.8 Å². The standard InChI is InChI=1S/C12H12N6/c13-16-12(11-7-15-18-17-11)9-5-8-3-1-2-4-10(8)14-6-9/h1-7,12,16H,13H2,(H,15,17,18). The summed E-state index contributed by atoms with van der Waals surface area (Å²) in [5.41, 5.74) is 5.36. The summed E-state index contributed by atoms with van der Waals surface area (Å²) in [6.45, 7) is 0. The summed E-state index contributed by atoms with van der Waals surface area (Å²) in [5, 5.41) is 11.5. The van der Waals surface area contributed by atoms with E-state index < -0.39 is 0 Å². The molecule has 4 N–H and O–H groups in total. The molecule has 0 radical (unpaired) electrons. The first-order valence-electron chi connectivity index (χ1n) is 5.55. The van der Waals surface area contributed by atoms with Crippen LogP contribution in [0.2, 0.25) is 0 Å². The molecule has 2 heterocycles. The van der Waals surface area contributed by atoms with Gasteiger partial charge in [-0.3, -0.25) is 10.8 Å². The van der Waals surface area contributed by atoms with Crippen molar-refractivity contribution >= 4 is 10.9 Å². The van der Waals surface area contributed by atoms with Crippen LogP contribution >= 0.6 is 0 Å². The fourth-order valence-electron chi connectivity index (χ4n) is 1.95. The fraction of sp³-hybridized carbons (Fsp3) is 0.0833. The molecule has 0 aliphatic carbocycles. The number of hydrogen-bond acceptors (Lipinski definition) is 5. The van der Waals surface area contributed by atoms with Gasteiger partial charge in [-0.05, 0) is 17.7 Å². The maximum Gasteiger partial charge on any atom is 0.105 e. The normalized spacial score (nSPS) is 12.7. The summed E-state index contributed by atoms with van der Waals surface area (Å²) in [6, 6.07) is 9.75. The van der Waals surface area contributed by atoms with Crippen LogP contribution in [0.4, 0.5) is 0 Å². The number of hydrazine groups is 1. The molecule has 0 fully saturated rings. The van der Waals surface area contributed by atoms with Gasteiger partial charge in [-0.15, -0.1) is 0 Å². The monoisotopic (exact) mass is 240 g/mol. The third kappa shape index (κ3) is 1.83. The van der Waals surface area contributed by atoms with E-state index in [1.165, 1.54) is 0 Å². The van der Waals surface area contributed by atoms with Gasteiger partial charge in [0.15, 0.2) is 0 Å². The lowest BCUT2D eigenvalue weighted by Gasteiger charge is -2.13. The number of aromatic nitrogens is 4. The Morgan fingerprint density at radius 2 is 2.11 bits per heavy atom. The zero-order valence-electron chi connectivity index (χ0n) is 9.54. The van der Waals surface area contributed by atoms with Crippen LogP contribution in [0.15, 0.2) is 42.7 Å². The molecule has 0 bridgehead atoms. The van der Waals surface area contributed by atoms with E-state index in [4.69, 9.17) is 5.84 Å². The van der Waals surface area contributed by atoms with Gasteiger partial charge in [0.2, 0.25) is 0 Å². The molecule has 90 valence electrons. The highest BCUT2D eigenvalue weighted by Gasteiger charge is 2.15.